The molecule has 1 aliphatic carbocycles. The van der Waals surface area contributed by atoms with Crippen LogP contribution in [0.1, 0.15) is 49.3 Å². The van der Waals surface area contributed by atoms with Gasteiger partial charge in [0.1, 0.15) is 18.2 Å². The second-order valence-corrected chi connectivity index (χ2v) is 8.21. The van der Waals surface area contributed by atoms with Gasteiger partial charge in [0.05, 0.1) is 11.8 Å². The molecular weight excluding hydrogens is 400 g/mol. The lowest BCUT2D eigenvalue weighted by Gasteiger charge is -2.26. The van der Waals surface area contributed by atoms with Gasteiger partial charge >= 0.3 is 0 Å². The molecule has 162 valence electrons. The normalized spacial score (nSPS) is 18.9. The molecule has 2 aromatic rings. The van der Waals surface area contributed by atoms with Crippen LogP contribution in [0.3, 0.4) is 0 Å². The highest BCUT2D eigenvalue weighted by molar-refractivity contribution is 6.03. The maximum atomic E-state index is 14.6. The Morgan fingerprint density at radius 1 is 1.06 bits per heavy atom. The summed E-state index contributed by atoms with van der Waals surface area (Å²) in [6.07, 6.45) is 4.08. The number of hydrogen-bond donors (Lipinski definition) is 0. The molecule has 2 aromatic carbocycles. The van der Waals surface area contributed by atoms with Crippen molar-refractivity contribution in [3.8, 4) is 0 Å². The van der Waals surface area contributed by atoms with Crippen LogP contribution >= 0.6 is 0 Å². The van der Waals surface area contributed by atoms with E-state index in [1.165, 1.54) is 28.1 Å². The molecule has 1 atom stereocenters. The summed E-state index contributed by atoms with van der Waals surface area (Å²) in [5.74, 6) is -1.23. The van der Waals surface area contributed by atoms with Crippen LogP contribution < -0.4 is 0 Å². The van der Waals surface area contributed by atoms with Crippen molar-refractivity contribution in [2.45, 2.75) is 38.1 Å². The number of rotatable bonds is 5. The molecule has 31 heavy (non-hydrogen) atoms. The average molecular weight is 425 g/mol. The van der Waals surface area contributed by atoms with Crippen molar-refractivity contribution in [2.75, 3.05) is 13.6 Å². The van der Waals surface area contributed by atoms with Crippen molar-refractivity contribution < 1.29 is 18.4 Å². The fraction of sp³-hybridized carbons (Fsp3) is 0.375. The third-order valence-corrected chi connectivity index (χ3v) is 6.06. The summed E-state index contributed by atoms with van der Waals surface area (Å²) in [6.45, 7) is -0.125. The smallest absolute Gasteiger partial charge is 0.262 e. The highest BCUT2D eigenvalue weighted by atomic mass is 19.1. The lowest BCUT2D eigenvalue weighted by Crippen LogP contribution is -2.41. The number of halogens is 2. The first kappa shape index (κ1) is 21.2. The van der Waals surface area contributed by atoms with Gasteiger partial charge in [-0.25, -0.2) is 13.8 Å². The van der Waals surface area contributed by atoms with E-state index in [1.807, 2.05) is 0 Å². The van der Waals surface area contributed by atoms with Gasteiger partial charge in [-0.05, 0) is 36.6 Å². The number of carbonyl (C=O) groups is 2. The van der Waals surface area contributed by atoms with Crippen LogP contribution in [0.2, 0.25) is 0 Å². The van der Waals surface area contributed by atoms with Gasteiger partial charge in [0.2, 0.25) is 5.91 Å². The molecule has 1 aliphatic heterocycles. The maximum Gasteiger partial charge on any atom is 0.262 e. The Labute approximate surface area is 180 Å². The van der Waals surface area contributed by atoms with E-state index in [4.69, 9.17) is 0 Å². The summed E-state index contributed by atoms with van der Waals surface area (Å²) in [4.78, 5) is 27.2. The number of benzene rings is 2. The van der Waals surface area contributed by atoms with Gasteiger partial charge in [-0.3, -0.25) is 9.59 Å². The van der Waals surface area contributed by atoms with Gasteiger partial charge in [-0.15, -0.1) is 0 Å². The zero-order valence-electron chi connectivity index (χ0n) is 17.4. The predicted octanol–water partition coefficient (Wildman–Crippen LogP) is 4.29. The maximum absolute atomic E-state index is 14.6. The fourth-order valence-electron chi connectivity index (χ4n) is 4.38. The van der Waals surface area contributed by atoms with Crippen LogP contribution in [-0.4, -0.2) is 41.0 Å². The van der Waals surface area contributed by atoms with Gasteiger partial charge in [0.25, 0.3) is 5.91 Å². The van der Waals surface area contributed by atoms with E-state index in [2.05, 4.69) is 5.10 Å². The van der Waals surface area contributed by atoms with Crippen LogP contribution in [0.4, 0.5) is 8.78 Å². The quantitative estimate of drug-likeness (QED) is 0.718. The van der Waals surface area contributed by atoms with E-state index in [0.717, 1.165) is 25.7 Å². The minimum absolute atomic E-state index is 0.0305. The van der Waals surface area contributed by atoms with Crippen LogP contribution in [0.25, 0.3) is 0 Å². The Bertz CT molecular complexity index is 1000. The van der Waals surface area contributed by atoms with Crippen molar-refractivity contribution in [1.29, 1.82) is 0 Å². The Hall–Kier alpha value is -3.09. The highest BCUT2D eigenvalue weighted by Crippen LogP contribution is 2.34. The first-order valence-corrected chi connectivity index (χ1v) is 10.6. The molecule has 0 unspecified atom stereocenters. The zero-order valence-corrected chi connectivity index (χ0v) is 17.4. The molecule has 1 heterocycles. The van der Waals surface area contributed by atoms with E-state index in [9.17, 15) is 18.4 Å². The second kappa shape index (κ2) is 8.96. The van der Waals surface area contributed by atoms with Gasteiger partial charge in [0, 0.05) is 24.9 Å². The monoisotopic (exact) mass is 425 g/mol. The van der Waals surface area contributed by atoms with E-state index in [1.54, 1.807) is 37.4 Å². The number of nitrogens with zero attached hydrogens (tertiary/aromatic N) is 3. The van der Waals surface area contributed by atoms with Crippen LogP contribution in [0.15, 0.2) is 53.6 Å². The minimum Gasteiger partial charge on any atom is -0.336 e. The molecule has 0 N–H and O–H groups in total. The van der Waals surface area contributed by atoms with Gasteiger partial charge in [0.15, 0.2) is 0 Å². The van der Waals surface area contributed by atoms with Crippen LogP contribution in [0.5, 0.6) is 0 Å². The van der Waals surface area contributed by atoms with Crippen molar-refractivity contribution in [3.63, 3.8) is 0 Å². The fourth-order valence-corrected chi connectivity index (χ4v) is 4.38. The SMILES string of the molecule is CN(CC(=O)N1N=C(c2ccc(F)cc2)C[C@@H]1c1ccccc1F)C(=O)C1CCCC1. The van der Waals surface area contributed by atoms with Crippen LogP contribution in [0, 0.1) is 17.6 Å². The van der Waals surface area contributed by atoms with Crippen molar-refractivity contribution in [1.82, 2.24) is 9.91 Å². The average Bonchev–Trinajstić information content (AvgIpc) is 3.44. The Balaban J connectivity index is 1.58. The summed E-state index contributed by atoms with van der Waals surface area (Å²) in [5, 5.41) is 5.74. The van der Waals surface area contributed by atoms with Crippen molar-refractivity contribution >= 4 is 17.5 Å². The first-order valence-electron chi connectivity index (χ1n) is 10.6. The molecule has 2 amide bonds. The molecule has 0 spiro atoms. The zero-order chi connectivity index (χ0) is 22.0. The molecule has 0 radical (unpaired) electrons. The third kappa shape index (κ3) is 4.50. The topological polar surface area (TPSA) is 53.0 Å². The summed E-state index contributed by atoms with van der Waals surface area (Å²) >= 11 is 0. The Morgan fingerprint density at radius 2 is 1.74 bits per heavy atom. The van der Waals surface area contributed by atoms with Crippen molar-refractivity contribution in [3.05, 3.63) is 71.3 Å². The van der Waals surface area contributed by atoms with E-state index < -0.39 is 11.9 Å². The van der Waals surface area contributed by atoms with Crippen LogP contribution in [-0.2, 0) is 9.59 Å². The molecule has 1 fully saturated rings. The number of likely N-dealkylation sites (N-methyl/N-ethyl adjacent to an activating group) is 1. The lowest BCUT2D eigenvalue weighted by molar-refractivity contribution is -0.142. The first-order chi connectivity index (χ1) is 14.9. The number of hydrogen-bond acceptors (Lipinski definition) is 3. The largest absolute Gasteiger partial charge is 0.336 e. The Morgan fingerprint density at radius 3 is 2.42 bits per heavy atom. The second-order valence-electron chi connectivity index (χ2n) is 8.21. The van der Waals surface area contributed by atoms with E-state index in [0.29, 0.717) is 23.3 Å². The van der Waals surface area contributed by atoms with Gasteiger partial charge in [-0.2, -0.15) is 5.10 Å². The highest BCUT2D eigenvalue weighted by Gasteiger charge is 2.36. The van der Waals surface area contributed by atoms with Crippen molar-refractivity contribution in [2.24, 2.45) is 11.0 Å². The third-order valence-electron chi connectivity index (χ3n) is 6.06. The lowest BCUT2D eigenvalue weighted by atomic mass is 9.98. The molecule has 0 aromatic heterocycles. The van der Waals surface area contributed by atoms with E-state index >= 15 is 0 Å². The molecule has 7 heteroatoms. The molecule has 0 bridgehead atoms. The van der Waals surface area contributed by atoms with E-state index in [-0.39, 0.29) is 30.1 Å². The summed E-state index contributed by atoms with van der Waals surface area (Å²) in [7, 11) is 1.62. The number of amides is 2. The molecular formula is C24H25F2N3O2. The molecule has 1 saturated carbocycles. The number of carbonyl (C=O) groups excluding carboxylic acids is 2. The number of hydrazone groups is 1. The Kier molecular flexibility index (Phi) is 6.11. The molecule has 4 rings (SSSR count). The summed E-state index contributed by atoms with van der Waals surface area (Å²) < 4.78 is 27.9. The summed E-state index contributed by atoms with van der Waals surface area (Å²) in [6, 6.07) is 11.5. The molecule has 0 saturated heterocycles. The van der Waals surface area contributed by atoms with Gasteiger partial charge < -0.3 is 4.90 Å². The summed E-state index contributed by atoms with van der Waals surface area (Å²) in [5.41, 5.74) is 1.61. The molecule has 2 aliphatic rings. The predicted molar refractivity (Wildman–Crippen MR) is 113 cm³/mol. The molecule has 5 nitrogen and oxygen atoms in total. The minimum atomic E-state index is -0.622. The van der Waals surface area contributed by atoms with Gasteiger partial charge in [-0.1, -0.05) is 43.2 Å². The standard InChI is InChI=1S/C24H25F2N3O2/c1-28(24(31)17-6-2-3-7-17)15-23(30)29-22(19-8-4-5-9-20(19)26)14-21(27-29)16-10-12-18(25)13-11-16/h4-5,8-13,17,22H,2-3,6-7,14-15H2,1H3/t22-/m1/s1.